The van der Waals surface area contributed by atoms with Gasteiger partial charge >= 0.3 is 175 Å². The molecule has 0 nitrogen and oxygen atoms in total. The Labute approximate surface area is 294 Å². The number of hydrogen-bond donors (Lipinski definition) is 0. The van der Waals surface area contributed by atoms with Gasteiger partial charge in [0.2, 0.25) is 0 Å². The second kappa shape index (κ2) is 17.2. The fraction of sp³-hybridized carbons (Fsp3) is 0.0909. The third kappa shape index (κ3) is 14.9. The van der Waals surface area contributed by atoms with E-state index in [1.165, 1.54) is 21.2 Å². The number of halogens is 2. The fourth-order valence-corrected chi connectivity index (χ4v) is 8.48. The van der Waals surface area contributed by atoms with Gasteiger partial charge in [0.25, 0.3) is 0 Å². The van der Waals surface area contributed by atoms with Crippen molar-refractivity contribution in [3.63, 3.8) is 0 Å². The average molecular weight is 1090 g/mol. The maximum absolute atomic E-state index is 4.38. The molecule has 1 radical (unpaired) electrons. The van der Waals surface area contributed by atoms with Crippen molar-refractivity contribution >= 4 is 70.1 Å². The van der Waals surface area contributed by atoms with Gasteiger partial charge in [-0.25, -0.2) is 0 Å². The van der Waals surface area contributed by atoms with Gasteiger partial charge in [-0.2, -0.15) is 20.6 Å². The van der Waals surface area contributed by atoms with Gasteiger partial charge in [-0.15, -0.1) is 0 Å². The van der Waals surface area contributed by atoms with E-state index in [4.69, 9.17) is 0 Å². The van der Waals surface area contributed by atoms with Crippen LogP contribution in [0.5, 0.6) is 0 Å². The monoisotopic (exact) mass is 1080 g/mol. The van der Waals surface area contributed by atoms with Gasteiger partial charge < -0.3 is 7.43 Å². The SMILES string of the molecule is [Au+3].[Au].[CH2-]P(C)(C)(C)Br.[CH2-]P([CH2-])(Br)(c1ccccc1)c1ccccc1.[CH2-][P+]([CH2-])(c1ccccc1)c1ccccc1.[CH3-]. The molecule has 0 atom stereocenters. The summed E-state index contributed by atoms with van der Waals surface area (Å²) in [5, 5.41) is 0.718. The summed E-state index contributed by atoms with van der Waals surface area (Å²) >= 11 is 7.31. The van der Waals surface area contributed by atoms with E-state index in [1.807, 2.05) is 72.8 Å². The molecule has 0 heterocycles. The smallest absolute Gasteiger partial charge is 0.0408 e. The predicted octanol–water partition coefficient (Wildman–Crippen LogP) is 10.3. The first-order valence-electron chi connectivity index (χ1n) is 11.8. The molecule has 0 unspecified atom stereocenters. The molecule has 0 aromatic heterocycles. The molecule has 0 saturated heterocycles. The van der Waals surface area contributed by atoms with Gasteiger partial charge in [-0.05, 0) is 24.3 Å². The maximum atomic E-state index is 4.38. The third-order valence-electron chi connectivity index (χ3n) is 5.20. The van der Waals surface area contributed by atoms with E-state index >= 15 is 0 Å². The van der Waals surface area contributed by atoms with Crippen LogP contribution in [-0.4, -0.2) is 20.0 Å². The van der Waals surface area contributed by atoms with Crippen molar-refractivity contribution in [2.45, 2.75) is 0 Å². The van der Waals surface area contributed by atoms with Crippen LogP contribution in [0.4, 0.5) is 0 Å². The van der Waals surface area contributed by atoms with Crippen molar-refractivity contribution in [2.24, 2.45) is 0 Å². The Hall–Kier alpha value is 0.611. The molecule has 7 heteroatoms. The minimum atomic E-state index is -2.62. The maximum Gasteiger partial charge on any atom is 0.0408 e. The van der Waals surface area contributed by atoms with Gasteiger partial charge in [-0.1, -0.05) is 36.4 Å². The van der Waals surface area contributed by atoms with Gasteiger partial charge in [0.15, 0.2) is 0 Å². The topological polar surface area (TPSA) is 0 Å². The van der Waals surface area contributed by atoms with Crippen LogP contribution < -0.4 is 21.2 Å². The van der Waals surface area contributed by atoms with Gasteiger partial charge in [0.1, 0.15) is 0 Å². The van der Waals surface area contributed by atoms with Crippen LogP contribution >= 0.6 is 48.9 Å². The second-order valence-corrected chi connectivity index (χ2v) is 36.2. The van der Waals surface area contributed by atoms with E-state index in [2.05, 4.69) is 133 Å². The Bertz CT molecular complexity index is 1130. The van der Waals surface area contributed by atoms with Crippen molar-refractivity contribution in [1.29, 1.82) is 0 Å². The molecular weight excluding hydrogens is 1040 g/mol. The Morgan fingerprint density at radius 1 is 0.525 bits per heavy atom. The first kappa shape index (κ1) is 42.7. The first-order chi connectivity index (χ1) is 16.9. The Morgan fingerprint density at radius 3 is 0.950 bits per heavy atom. The van der Waals surface area contributed by atoms with Crippen LogP contribution in [0.25, 0.3) is 0 Å². The van der Waals surface area contributed by atoms with Crippen LogP contribution in [0.15, 0.2) is 121 Å². The molecule has 0 aliphatic carbocycles. The van der Waals surface area contributed by atoms with E-state index in [1.54, 1.807) is 0 Å². The van der Waals surface area contributed by atoms with E-state index in [0.717, 1.165) is 0 Å². The normalized spacial score (nSPS) is 12.8. The summed E-state index contributed by atoms with van der Waals surface area (Å²) < 4.78 is 0. The molecular formula is C33H42Au2Br2P3-2. The summed E-state index contributed by atoms with van der Waals surface area (Å²) in [7, 11) is -1.65. The predicted molar refractivity (Wildman–Crippen MR) is 194 cm³/mol. The Morgan fingerprint density at radius 2 is 0.725 bits per heavy atom. The van der Waals surface area contributed by atoms with E-state index < -0.39 is 17.9 Å². The molecule has 0 N–H and O–H groups in total. The fourth-order valence-electron chi connectivity index (χ4n) is 3.26. The minimum absolute atomic E-state index is 0. The summed E-state index contributed by atoms with van der Waals surface area (Å²) in [6.07, 6.45) is 0. The molecule has 0 aliphatic heterocycles. The third-order valence-corrected chi connectivity index (χ3v) is 13.2. The molecule has 40 heavy (non-hydrogen) atoms. The molecule has 0 bridgehead atoms. The molecule has 0 aliphatic rings. The van der Waals surface area contributed by atoms with Crippen LogP contribution in [0, 0.1) is 40.8 Å². The molecule has 0 saturated carbocycles. The van der Waals surface area contributed by atoms with Crippen molar-refractivity contribution in [3.05, 3.63) is 162 Å². The average Bonchev–Trinajstić information content (AvgIpc) is 2.85. The molecule has 0 spiro atoms. The molecule has 4 aromatic carbocycles. The first-order valence-corrected chi connectivity index (χ1v) is 24.4. The Kier molecular flexibility index (Phi) is 18.4. The zero-order valence-corrected chi connectivity index (χ0v) is 34.0. The van der Waals surface area contributed by atoms with Crippen molar-refractivity contribution in [3.8, 4) is 0 Å². The van der Waals surface area contributed by atoms with Crippen molar-refractivity contribution < 1.29 is 44.8 Å². The van der Waals surface area contributed by atoms with Crippen LogP contribution in [0.3, 0.4) is 0 Å². The quantitative estimate of drug-likeness (QED) is 0.109. The standard InChI is InChI=1S/C14H14BrP.C14H14P.C4H11BrP.CH3.2Au/c1-16(2,15,13-9-5-3-6-10-13)14-11-7-4-8-12-14;1-15(2,13-9-5-3-6-10-13)14-11-7-4-8-12-14;1-6(2,3,4)5;;;/h3-12H,1-2H2;3-12H,1-2H2;1H2,2-4H3;1H3;;/q-2;3*-1;;+3. The van der Waals surface area contributed by atoms with Crippen LogP contribution in [0.1, 0.15) is 0 Å². The zero-order chi connectivity index (χ0) is 27.8. The number of rotatable bonds is 4. The molecule has 4 aromatic rings. The van der Waals surface area contributed by atoms with Gasteiger partial charge in [0.05, 0.1) is 0 Å². The largest absolute Gasteiger partial charge is 0.358 e. The summed E-state index contributed by atoms with van der Waals surface area (Å²) in [5.41, 5.74) is 0. The number of hydrogen-bond acceptors (Lipinski definition) is 0. The Balaban J connectivity index is 0. The van der Waals surface area contributed by atoms with Crippen molar-refractivity contribution in [1.82, 2.24) is 0 Å². The van der Waals surface area contributed by atoms with Gasteiger partial charge in [0, 0.05) is 33.0 Å². The van der Waals surface area contributed by atoms with E-state index in [0.29, 0.717) is 0 Å². The van der Waals surface area contributed by atoms with E-state index in [-0.39, 0.29) is 52.2 Å². The summed E-state index contributed by atoms with van der Waals surface area (Å²) in [4.78, 5) is 0. The van der Waals surface area contributed by atoms with Gasteiger partial charge in [-0.3, -0.25) is 0 Å². The molecule has 0 amide bonds. The van der Waals surface area contributed by atoms with Crippen LogP contribution in [-0.2, 0) is 44.8 Å². The van der Waals surface area contributed by atoms with E-state index in [9.17, 15) is 0 Å². The second-order valence-electron chi connectivity index (χ2n) is 10.6. The molecule has 0 fully saturated rings. The summed E-state index contributed by atoms with van der Waals surface area (Å²) in [6, 6.07) is 41.1. The van der Waals surface area contributed by atoms with Crippen molar-refractivity contribution in [2.75, 3.05) is 20.0 Å². The number of benzene rings is 4. The zero-order valence-electron chi connectivity index (χ0n) is 23.8. The van der Waals surface area contributed by atoms with Crippen LogP contribution in [0.2, 0.25) is 0 Å². The minimum Gasteiger partial charge on any atom is -0.358 e. The molecule has 227 valence electrons. The molecule has 4 rings (SSSR count). The summed E-state index contributed by atoms with van der Waals surface area (Å²) in [5.74, 6) is 0. The summed E-state index contributed by atoms with van der Waals surface area (Å²) in [6.45, 7) is 27.8.